The molecule has 0 spiro atoms. The van der Waals surface area contributed by atoms with E-state index in [9.17, 15) is 0 Å². The zero-order valence-corrected chi connectivity index (χ0v) is 18.2. The van der Waals surface area contributed by atoms with E-state index >= 15 is 0 Å². The summed E-state index contributed by atoms with van der Waals surface area (Å²) in [6.07, 6.45) is 7.48. The monoisotopic (exact) mass is 415 g/mol. The van der Waals surface area contributed by atoms with Gasteiger partial charge in [-0.2, -0.15) is 0 Å². The molecule has 1 aliphatic rings. The number of pyridine rings is 2. The Morgan fingerprint density at radius 1 is 0.655 bits per heavy atom. The number of nitrogens with one attached hydrogen (secondary N) is 1. The standard InChI is InChI=1S/C22H16N3PS.C2H6/c27-26-21-7-3-1-5-15(21)17-13-23-11-9-19(17)25-20-10-12-24-14-18(20)16-6-2-4-8-22(16)26;1-2/h1-14,25,27H;1-2H3. The van der Waals surface area contributed by atoms with Gasteiger partial charge in [0, 0.05) is 54.4 Å². The van der Waals surface area contributed by atoms with Gasteiger partial charge in [-0.3, -0.25) is 9.97 Å². The molecule has 0 fully saturated rings. The number of rotatable bonds is 0. The van der Waals surface area contributed by atoms with E-state index in [4.69, 9.17) is 12.2 Å². The summed E-state index contributed by atoms with van der Waals surface area (Å²) in [5.74, 6) is 0. The Kier molecular flexibility index (Phi) is 5.94. The summed E-state index contributed by atoms with van der Waals surface area (Å²) in [4.78, 5) is 8.76. The molecule has 29 heavy (non-hydrogen) atoms. The van der Waals surface area contributed by atoms with Crippen LogP contribution in [-0.2, 0) is 0 Å². The SMILES string of the molecule is CC.SP1c2ccccc2-c2cnccc2Nc2ccncc2-c2ccccc21. The van der Waals surface area contributed by atoms with Crippen molar-refractivity contribution in [3.05, 3.63) is 85.5 Å². The van der Waals surface area contributed by atoms with Gasteiger partial charge in [0.05, 0.1) is 0 Å². The van der Waals surface area contributed by atoms with Crippen molar-refractivity contribution < 1.29 is 0 Å². The number of benzene rings is 2. The molecule has 2 aromatic heterocycles. The van der Waals surface area contributed by atoms with E-state index in [1.54, 1.807) is 0 Å². The molecule has 0 radical (unpaired) electrons. The Balaban J connectivity index is 0.000000994. The highest BCUT2D eigenvalue weighted by atomic mass is 32.7. The highest BCUT2D eigenvalue weighted by Crippen LogP contribution is 2.47. The van der Waals surface area contributed by atoms with Crippen LogP contribution in [0, 0.1) is 0 Å². The molecule has 0 unspecified atom stereocenters. The first-order chi connectivity index (χ1) is 14.3. The minimum absolute atomic E-state index is 0.834. The lowest BCUT2D eigenvalue weighted by atomic mass is 10.0. The van der Waals surface area contributed by atoms with Crippen LogP contribution in [0.3, 0.4) is 0 Å². The fourth-order valence-corrected chi connectivity index (χ4v) is 6.09. The Morgan fingerprint density at radius 2 is 1.10 bits per heavy atom. The van der Waals surface area contributed by atoms with Gasteiger partial charge in [0.15, 0.2) is 0 Å². The fraction of sp³-hybridized carbons (Fsp3) is 0.0833. The second-order valence-corrected chi connectivity index (χ2v) is 9.10. The molecule has 2 aromatic carbocycles. The molecule has 5 rings (SSSR count). The molecule has 4 aromatic rings. The van der Waals surface area contributed by atoms with Crippen molar-refractivity contribution in [3.63, 3.8) is 0 Å². The van der Waals surface area contributed by atoms with Crippen LogP contribution in [0.5, 0.6) is 0 Å². The third-order valence-corrected chi connectivity index (χ3v) is 7.74. The molecule has 5 heteroatoms. The van der Waals surface area contributed by atoms with Gasteiger partial charge in [0.2, 0.25) is 0 Å². The summed E-state index contributed by atoms with van der Waals surface area (Å²) in [6.45, 7) is 4.00. The number of fused-ring (bicyclic) bond motifs is 6. The number of hydrogen-bond acceptors (Lipinski definition) is 4. The quantitative estimate of drug-likeness (QED) is 0.266. The van der Waals surface area contributed by atoms with E-state index in [2.05, 4.69) is 63.8 Å². The average Bonchev–Trinajstić information content (AvgIpc) is 2.80. The van der Waals surface area contributed by atoms with Gasteiger partial charge in [-0.05, 0) is 33.9 Å². The van der Waals surface area contributed by atoms with Crippen molar-refractivity contribution >= 4 is 41.4 Å². The van der Waals surface area contributed by atoms with Gasteiger partial charge < -0.3 is 5.32 Å². The van der Waals surface area contributed by atoms with Crippen molar-refractivity contribution in [1.82, 2.24) is 9.97 Å². The highest BCUT2D eigenvalue weighted by molar-refractivity contribution is 8.50. The molecule has 0 aliphatic carbocycles. The third kappa shape index (κ3) is 3.66. The Hall–Kier alpha value is -2.68. The van der Waals surface area contributed by atoms with Crippen LogP contribution in [-0.4, -0.2) is 9.97 Å². The van der Waals surface area contributed by atoms with E-state index < -0.39 is 7.12 Å². The molecule has 0 amide bonds. The van der Waals surface area contributed by atoms with Gasteiger partial charge in [-0.25, -0.2) is 0 Å². The van der Waals surface area contributed by atoms with Gasteiger partial charge in [-0.15, -0.1) is 12.2 Å². The van der Waals surface area contributed by atoms with Crippen molar-refractivity contribution in [3.8, 4) is 22.3 Å². The highest BCUT2D eigenvalue weighted by Gasteiger charge is 2.22. The Labute approximate surface area is 178 Å². The first-order valence-corrected chi connectivity index (χ1v) is 12.2. The predicted octanol–water partition coefficient (Wildman–Crippen LogP) is 6.17. The first-order valence-electron chi connectivity index (χ1n) is 9.66. The number of hydrogen-bond donors (Lipinski definition) is 2. The van der Waals surface area contributed by atoms with E-state index in [0.717, 1.165) is 22.5 Å². The second kappa shape index (κ2) is 8.77. The smallest absolute Gasteiger partial charge is 0.0495 e. The van der Waals surface area contributed by atoms with Crippen LogP contribution in [0.1, 0.15) is 13.8 Å². The summed E-state index contributed by atoms with van der Waals surface area (Å²) in [5, 5.41) is 6.07. The number of nitrogens with zero attached hydrogens (tertiary/aromatic N) is 2. The van der Waals surface area contributed by atoms with Crippen molar-refractivity contribution in [2.75, 3.05) is 5.32 Å². The van der Waals surface area contributed by atoms with Gasteiger partial charge >= 0.3 is 0 Å². The molecule has 3 heterocycles. The maximum atomic E-state index is 5.11. The predicted molar refractivity (Wildman–Crippen MR) is 129 cm³/mol. The van der Waals surface area contributed by atoms with Crippen LogP contribution in [0.15, 0.2) is 85.5 Å². The van der Waals surface area contributed by atoms with E-state index in [1.165, 1.54) is 21.7 Å². The molecule has 1 N–H and O–H groups in total. The average molecular weight is 416 g/mol. The maximum Gasteiger partial charge on any atom is 0.0495 e. The summed E-state index contributed by atoms with van der Waals surface area (Å²) in [5.41, 5.74) is 6.55. The summed E-state index contributed by atoms with van der Waals surface area (Å²) in [7, 11) is -0.834. The number of thiol groups is 1. The normalized spacial score (nSPS) is 12.1. The molecule has 144 valence electrons. The molecule has 3 nitrogen and oxygen atoms in total. The van der Waals surface area contributed by atoms with Crippen molar-refractivity contribution in [1.29, 1.82) is 0 Å². The summed E-state index contributed by atoms with van der Waals surface area (Å²) < 4.78 is 0. The summed E-state index contributed by atoms with van der Waals surface area (Å²) >= 11 is 5.11. The largest absolute Gasteiger partial charge is 0.354 e. The molecule has 0 saturated carbocycles. The van der Waals surface area contributed by atoms with Crippen LogP contribution in [0.4, 0.5) is 11.4 Å². The van der Waals surface area contributed by atoms with Crippen molar-refractivity contribution in [2.24, 2.45) is 0 Å². The Bertz CT molecular complexity index is 1060. The van der Waals surface area contributed by atoms with E-state index in [1.807, 2.05) is 50.8 Å². The van der Waals surface area contributed by atoms with Crippen LogP contribution in [0.2, 0.25) is 0 Å². The third-order valence-electron chi connectivity index (χ3n) is 4.76. The zero-order valence-electron chi connectivity index (χ0n) is 16.4. The lowest BCUT2D eigenvalue weighted by Crippen LogP contribution is -2.15. The van der Waals surface area contributed by atoms with Crippen molar-refractivity contribution in [2.45, 2.75) is 13.8 Å². The second-order valence-electron chi connectivity index (χ2n) is 6.31. The van der Waals surface area contributed by atoms with E-state index in [-0.39, 0.29) is 0 Å². The maximum absolute atomic E-state index is 5.11. The van der Waals surface area contributed by atoms with Crippen LogP contribution in [0.25, 0.3) is 22.3 Å². The topological polar surface area (TPSA) is 37.8 Å². The van der Waals surface area contributed by atoms with Gasteiger partial charge in [0.25, 0.3) is 0 Å². The van der Waals surface area contributed by atoms with Gasteiger partial charge in [0.1, 0.15) is 0 Å². The zero-order chi connectivity index (χ0) is 20.2. The van der Waals surface area contributed by atoms with Gasteiger partial charge in [-0.1, -0.05) is 62.4 Å². The van der Waals surface area contributed by atoms with Crippen LogP contribution >= 0.6 is 19.4 Å². The molecular weight excluding hydrogens is 393 g/mol. The van der Waals surface area contributed by atoms with Crippen LogP contribution < -0.4 is 15.9 Å². The molecule has 0 bridgehead atoms. The molecule has 1 aliphatic heterocycles. The lowest BCUT2D eigenvalue weighted by Gasteiger charge is -2.24. The fourth-order valence-electron chi connectivity index (χ4n) is 3.48. The first kappa shape index (κ1) is 19.6. The number of anilines is 2. The molecule has 0 saturated heterocycles. The minimum atomic E-state index is -0.834. The molecular formula is C24H22N3PS. The Morgan fingerprint density at radius 3 is 1.59 bits per heavy atom. The number of aromatic nitrogens is 2. The molecule has 0 atom stereocenters. The minimum Gasteiger partial charge on any atom is -0.354 e. The van der Waals surface area contributed by atoms with E-state index in [0.29, 0.717) is 0 Å². The lowest BCUT2D eigenvalue weighted by molar-refractivity contribution is 1.31. The summed E-state index contributed by atoms with van der Waals surface area (Å²) in [6, 6.07) is 21.0.